The summed E-state index contributed by atoms with van der Waals surface area (Å²) in [6.45, 7) is 0. The molecule has 0 fully saturated rings. The summed E-state index contributed by atoms with van der Waals surface area (Å²) in [5.41, 5.74) is 7.08. The summed E-state index contributed by atoms with van der Waals surface area (Å²) < 4.78 is 0.997. The topological polar surface area (TPSA) is 38.9 Å². The zero-order valence-electron chi connectivity index (χ0n) is 6.01. The highest BCUT2D eigenvalue weighted by Gasteiger charge is 2.18. The molecule has 0 spiro atoms. The molecule has 1 aromatic rings. The van der Waals surface area contributed by atoms with Crippen LogP contribution < -0.4 is 5.73 Å². The standard InChI is InChI=1S/C7H9BrN2S/c8-7-10-5-2-1-4(9)3-6(5)11-7/h4H,1-3,9H2/t4-/m1/s1. The highest BCUT2D eigenvalue weighted by molar-refractivity contribution is 9.11. The second-order valence-electron chi connectivity index (χ2n) is 2.84. The van der Waals surface area contributed by atoms with Crippen LogP contribution in [0.2, 0.25) is 0 Å². The van der Waals surface area contributed by atoms with E-state index in [0.717, 1.165) is 23.2 Å². The van der Waals surface area contributed by atoms with Crippen LogP contribution in [0.15, 0.2) is 3.92 Å². The second-order valence-corrected chi connectivity index (χ2v) is 5.20. The number of hydrogen-bond donors (Lipinski definition) is 1. The Morgan fingerprint density at radius 1 is 1.64 bits per heavy atom. The Labute approximate surface area is 78.0 Å². The van der Waals surface area contributed by atoms with E-state index in [4.69, 9.17) is 5.73 Å². The van der Waals surface area contributed by atoms with Crippen LogP contribution in [0.3, 0.4) is 0 Å². The van der Waals surface area contributed by atoms with E-state index in [1.165, 1.54) is 10.6 Å². The van der Waals surface area contributed by atoms with E-state index in [2.05, 4.69) is 20.9 Å². The van der Waals surface area contributed by atoms with Gasteiger partial charge in [-0.3, -0.25) is 0 Å². The Kier molecular flexibility index (Phi) is 1.99. The minimum Gasteiger partial charge on any atom is -0.327 e. The first kappa shape index (κ1) is 7.71. The molecule has 0 bridgehead atoms. The SMILES string of the molecule is N[C@@H]1CCc2nc(Br)sc2C1. The number of fused-ring (bicyclic) bond motifs is 1. The summed E-state index contributed by atoms with van der Waals surface area (Å²) in [5.74, 6) is 0. The minimum absolute atomic E-state index is 0.356. The average Bonchev–Trinajstić information content (AvgIpc) is 2.27. The fourth-order valence-corrected chi connectivity index (χ4v) is 3.09. The predicted octanol–water partition coefficient (Wildman–Crippen LogP) is 1.72. The van der Waals surface area contributed by atoms with Crippen LogP contribution in [0.25, 0.3) is 0 Å². The van der Waals surface area contributed by atoms with Gasteiger partial charge in [0.25, 0.3) is 0 Å². The number of rotatable bonds is 0. The maximum Gasteiger partial charge on any atom is 0.159 e. The molecule has 1 aliphatic carbocycles. The van der Waals surface area contributed by atoms with Crippen molar-refractivity contribution >= 4 is 27.3 Å². The zero-order valence-corrected chi connectivity index (χ0v) is 8.41. The smallest absolute Gasteiger partial charge is 0.159 e. The Hall–Kier alpha value is 0.0700. The fourth-order valence-electron chi connectivity index (χ4n) is 1.37. The molecular weight excluding hydrogens is 224 g/mol. The van der Waals surface area contributed by atoms with E-state index < -0.39 is 0 Å². The summed E-state index contributed by atoms with van der Waals surface area (Å²) in [5, 5.41) is 0. The highest BCUT2D eigenvalue weighted by atomic mass is 79.9. The normalized spacial score (nSPS) is 23.3. The van der Waals surface area contributed by atoms with Crippen LogP contribution >= 0.6 is 27.3 Å². The van der Waals surface area contributed by atoms with Gasteiger partial charge in [0.2, 0.25) is 0 Å². The van der Waals surface area contributed by atoms with Crippen LogP contribution in [0.5, 0.6) is 0 Å². The summed E-state index contributed by atoms with van der Waals surface area (Å²) in [6, 6.07) is 0.356. The third kappa shape index (κ3) is 1.48. The lowest BCUT2D eigenvalue weighted by Crippen LogP contribution is -2.26. The third-order valence-corrected chi connectivity index (χ3v) is 3.52. The number of hydrogen-bond acceptors (Lipinski definition) is 3. The van der Waals surface area contributed by atoms with Crippen LogP contribution in [-0.4, -0.2) is 11.0 Å². The molecule has 1 heterocycles. The number of aromatic nitrogens is 1. The summed E-state index contributed by atoms with van der Waals surface area (Å²) >= 11 is 5.10. The van der Waals surface area contributed by atoms with Crippen molar-refractivity contribution in [2.75, 3.05) is 0 Å². The van der Waals surface area contributed by atoms with Crippen LogP contribution in [0.1, 0.15) is 17.0 Å². The van der Waals surface area contributed by atoms with Crippen molar-refractivity contribution < 1.29 is 0 Å². The summed E-state index contributed by atoms with van der Waals surface area (Å²) in [6.07, 6.45) is 3.15. The maximum absolute atomic E-state index is 5.82. The third-order valence-electron chi connectivity index (χ3n) is 1.95. The van der Waals surface area contributed by atoms with Gasteiger partial charge in [-0.15, -0.1) is 11.3 Å². The molecule has 1 aliphatic rings. The van der Waals surface area contributed by atoms with Gasteiger partial charge in [0.1, 0.15) is 0 Å². The fraction of sp³-hybridized carbons (Fsp3) is 0.571. The Balaban J connectivity index is 2.34. The van der Waals surface area contributed by atoms with Crippen molar-refractivity contribution in [3.05, 3.63) is 14.5 Å². The first-order chi connectivity index (χ1) is 5.25. The van der Waals surface area contributed by atoms with Crippen LogP contribution in [0, 0.1) is 0 Å². The Morgan fingerprint density at radius 3 is 3.27 bits per heavy atom. The van der Waals surface area contributed by atoms with Gasteiger partial charge < -0.3 is 5.73 Å². The average molecular weight is 233 g/mol. The number of nitrogens with zero attached hydrogens (tertiary/aromatic N) is 1. The lowest BCUT2D eigenvalue weighted by atomic mass is 9.99. The molecule has 0 amide bonds. The van der Waals surface area contributed by atoms with E-state index in [0.29, 0.717) is 6.04 Å². The van der Waals surface area contributed by atoms with Crippen molar-refractivity contribution in [3.63, 3.8) is 0 Å². The molecule has 0 aromatic carbocycles. The quantitative estimate of drug-likeness (QED) is 0.741. The Morgan fingerprint density at radius 2 is 2.45 bits per heavy atom. The van der Waals surface area contributed by atoms with Gasteiger partial charge in [-0.25, -0.2) is 4.98 Å². The van der Waals surface area contributed by atoms with Gasteiger partial charge >= 0.3 is 0 Å². The molecule has 2 rings (SSSR count). The molecule has 0 unspecified atom stereocenters. The van der Waals surface area contributed by atoms with Gasteiger partial charge in [0, 0.05) is 10.9 Å². The number of aryl methyl sites for hydroxylation is 1. The molecule has 0 saturated heterocycles. The van der Waals surface area contributed by atoms with Crippen molar-refractivity contribution in [3.8, 4) is 0 Å². The molecule has 1 atom stereocenters. The number of halogens is 1. The van der Waals surface area contributed by atoms with E-state index in [-0.39, 0.29) is 0 Å². The first-order valence-electron chi connectivity index (χ1n) is 3.65. The first-order valence-corrected chi connectivity index (χ1v) is 5.26. The van der Waals surface area contributed by atoms with Gasteiger partial charge in [0.15, 0.2) is 3.92 Å². The molecule has 11 heavy (non-hydrogen) atoms. The molecule has 2 nitrogen and oxygen atoms in total. The largest absolute Gasteiger partial charge is 0.327 e. The molecule has 0 saturated carbocycles. The summed E-state index contributed by atoms with van der Waals surface area (Å²) in [4.78, 5) is 5.74. The van der Waals surface area contributed by atoms with Gasteiger partial charge in [-0.1, -0.05) is 0 Å². The molecular formula is C7H9BrN2S. The summed E-state index contributed by atoms with van der Waals surface area (Å²) in [7, 11) is 0. The van der Waals surface area contributed by atoms with Gasteiger partial charge in [0.05, 0.1) is 5.69 Å². The van der Waals surface area contributed by atoms with E-state index >= 15 is 0 Å². The molecule has 0 aliphatic heterocycles. The van der Waals surface area contributed by atoms with Crippen molar-refractivity contribution in [2.45, 2.75) is 25.3 Å². The lowest BCUT2D eigenvalue weighted by Gasteiger charge is -2.15. The van der Waals surface area contributed by atoms with Crippen molar-refractivity contribution in [1.29, 1.82) is 0 Å². The molecule has 4 heteroatoms. The highest BCUT2D eigenvalue weighted by Crippen LogP contribution is 2.28. The van der Waals surface area contributed by atoms with Crippen molar-refractivity contribution in [1.82, 2.24) is 4.98 Å². The van der Waals surface area contributed by atoms with Gasteiger partial charge in [-0.05, 0) is 35.2 Å². The van der Waals surface area contributed by atoms with E-state index in [9.17, 15) is 0 Å². The van der Waals surface area contributed by atoms with Crippen LogP contribution in [-0.2, 0) is 12.8 Å². The molecule has 0 radical (unpaired) electrons. The molecule has 60 valence electrons. The monoisotopic (exact) mass is 232 g/mol. The van der Waals surface area contributed by atoms with Gasteiger partial charge in [-0.2, -0.15) is 0 Å². The maximum atomic E-state index is 5.82. The lowest BCUT2D eigenvalue weighted by molar-refractivity contribution is 0.576. The van der Waals surface area contributed by atoms with E-state index in [1.54, 1.807) is 11.3 Å². The minimum atomic E-state index is 0.356. The van der Waals surface area contributed by atoms with E-state index in [1.807, 2.05) is 0 Å². The van der Waals surface area contributed by atoms with Crippen molar-refractivity contribution in [2.24, 2.45) is 5.73 Å². The van der Waals surface area contributed by atoms with Crippen LogP contribution in [0.4, 0.5) is 0 Å². The Bertz CT molecular complexity index is 271. The molecule has 1 aromatic heterocycles. The predicted molar refractivity (Wildman–Crippen MR) is 49.8 cm³/mol. The number of nitrogens with two attached hydrogens (primary N) is 1. The number of thiazole rings is 1. The zero-order chi connectivity index (χ0) is 7.84. The second kappa shape index (κ2) is 2.84. The molecule has 2 N–H and O–H groups in total.